The topological polar surface area (TPSA) is 41.1 Å². The van der Waals surface area contributed by atoms with Gasteiger partial charge >= 0.3 is 6.03 Å². The van der Waals surface area contributed by atoms with Crippen LogP contribution >= 0.6 is 0 Å². The number of benzene rings is 2. The van der Waals surface area contributed by atoms with E-state index in [9.17, 15) is 9.18 Å². The van der Waals surface area contributed by atoms with Crippen LogP contribution in [0, 0.1) is 5.82 Å². The van der Waals surface area contributed by atoms with Gasteiger partial charge in [-0.3, -0.25) is 0 Å². The number of nitrogens with one attached hydrogen (secondary N) is 2. The lowest BCUT2D eigenvalue weighted by atomic mass is 10.1. The van der Waals surface area contributed by atoms with E-state index in [1.165, 1.54) is 11.6 Å². The zero-order valence-electron chi connectivity index (χ0n) is 11.8. The average Bonchev–Trinajstić information content (AvgIpc) is 2.50. The fourth-order valence-corrected chi connectivity index (χ4v) is 2.04. The molecule has 2 rings (SSSR count). The summed E-state index contributed by atoms with van der Waals surface area (Å²) in [6.45, 7) is 0.994. The highest BCUT2D eigenvalue weighted by Crippen LogP contribution is 2.06. The van der Waals surface area contributed by atoms with Crippen molar-refractivity contribution in [2.75, 3.05) is 13.1 Å². The van der Waals surface area contributed by atoms with Crippen LogP contribution in [0.1, 0.15) is 11.1 Å². The van der Waals surface area contributed by atoms with Gasteiger partial charge in [0.05, 0.1) is 0 Å². The van der Waals surface area contributed by atoms with E-state index in [1.54, 1.807) is 18.2 Å². The Labute approximate surface area is 124 Å². The van der Waals surface area contributed by atoms with Gasteiger partial charge in [-0.2, -0.15) is 0 Å². The van der Waals surface area contributed by atoms with E-state index >= 15 is 0 Å². The Bertz CT molecular complexity index is 572. The summed E-state index contributed by atoms with van der Waals surface area (Å²) in [5.41, 5.74) is 1.80. The second kappa shape index (κ2) is 8.04. The molecule has 0 heterocycles. The molecular weight excluding hydrogens is 267 g/mol. The lowest BCUT2D eigenvalue weighted by Crippen LogP contribution is -2.37. The molecule has 2 N–H and O–H groups in total. The molecular formula is C17H19FN2O. The predicted molar refractivity (Wildman–Crippen MR) is 81.7 cm³/mol. The summed E-state index contributed by atoms with van der Waals surface area (Å²) in [4.78, 5) is 11.6. The van der Waals surface area contributed by atoms with Crippen molar-refractivity contribution < 1.29 is 9.18 Å². The van der Waals surface area contributed by atoms with Gasteiger partial charge in [0.15, 0.2) is 0 Å². The third kappa shape index (κ3) is 5.26. The third-order valence-corrected chi connectivity index (χ3v) is 3.18. The lowest BCUT2D eigenvalue weighted by Gasteiger charge is -2.08. The highest BCUT2D eigenvalue weighted by Gasteiger charge is 2.02. The standard InChI is InChI=1S/C17H19FN2O/c18-16-9-5-4-8-15(16)11-13-20-17(21)19-12-10-14-6-2-1-3-7-14/h1-9H,10-13H2,(H2,19,20,21). The molecule has 0 aliphatic rings. The first-order valence-electron chi connectivity index (χ1n) is 7.05. The largest absolute Gasteiger partial charge is 0.338 e. The summed E-state index contributed by atoms with van der Waals surface area (Å²) < 4.78 is 13.4. The van der Waals surface area contributed by atoms with Crippen LogP contribution in [-0.4, -0.2) is 19.1 Å². The maximum Gasteiger partial charge on any atom is 0.314 e. The first-order chi connectivity index (χ1) is 10.3. The highest BCUT2D eigenvalue weighted by molar-refractivity contribution is 5.73. The van der Waals surface area contributed by atoms with E-state index in [-0.39, 0.29) is 11.8 Å². The zero-order chi connectivity index (χ0) is 14.9. The minimum Gasteiger partial charge on any atom is -0.338 e. The molecule has 3 nitrogen and oxygen atoms in total. The van der Waals surface area contributed by atoms with Gasteiger partial charge < -0.3 is 10.6 Å². The summed E-state index contributed by atoms with van der Waals surface area (Å²) in [7, 11) is 0. The zero-order valence-corrected chi connectivity index (χ0v) is 11.8. The molecule has 0 spiro atoms. The molecule has 0 atom stereocenters. The number of hydrogen-bond acceptors (Lipinski definition) is 1. The van der Waals surface area contributed by atoms with Gasteiger partial charge in [-0.05, 0) is 30.0 Å². The normalized spacial score (nSPS) is 10.1. The Kier molecular flexibility index (Phi) is 5.76. The molecule has 0 fully saturated rings. The number of urea groups is 1. The van der Waals surface area contributed by atoms with Gasteiger partial charge in [0.1, 0.15) is 5.82 Å². The van der Waals surface area contributed by atoms with Gasteiger partial charge in [-0.1, -0.05) is 48.5 Å². The van der Waals surface area contributed by atoms with Crippen molar-refractivity contribution in [1.29, 1.82) is 0 Å². The fraction of sp³-hybridized carbons (Fsp3) is 0.235. The van der Waals surface area contributed by atoms with E-state index < -0.39 is 0 Å². The van der Waals surface area contributed by atoms with Gasteiger partial charge in [0, 0.05) is 13.1 Å². The number of hydrogen-bond donors (Lipinski definition) is 2. The van der Waals surface area contributed by atoms with Crippen LogP contribution in [0.15, 0.2) is 54.6 Å². The molecule has 2 aromatic rings. The van der Waals surface area contributed by atoms with Crippen molar-refractivity contribution in [3.05, 3.63) is 71.5 Å². The van der Waals surface area contributed by atoms with E-state index in [0.717, 1.165) is 6.42 Å². The van der Waals surface area contributed by atoms with Gasteiger partial charge in [-0.15, -0.1) is 0 Å². The second-order valence-electron chi connectivity index (χ2n) is 4.76. The summed E-state index contributed by atoms with van der Waals surface area (Å²) in [6.07, 6.45) is 1.28. The van der Waals surface area contributed by atoms with E-state index in [1.807, 2.05) is 30.3 Å². The molecule has 0 aliphatic heterocycles. The minimum atomic E-state index is -0.233. The maximum absolute atomic E-state index is 13.4. The first kappa shape index (κ1) is 15.0. The molecule has 2 aromatic carbocycles. The SMILES string of the molecule is O=C(NCCc1ccccc1)NCCc1ccccc1F. The minimum absolute atomic E-state index is 0.220. The van der Waals surface area contributed by atoms with Gasteiger partial charge in [-0.25, -0.2) is 9.18 Å². The molecule has 21 heavy (non-hydrogen) atoms. The molecule has 0 saturated heterocycles. The van der Waals surface area contributed by atoms with Crippen molar-refractivity contribution >= 4 is 6.03 Å². The van der Waals surface area contributed by atoms with Crippen LogP contribution in [0.4, 0.5) is 9.18 Å². The summed E-state index contributed by atoms with van der Waals surface area (Å²) in [5.74, 6) is -0.233. The Balaban J connectivity index is 1.63. The van der Waals surface area contributed by atoms with Crippen LogP contribution in [0.5, 0.6) is 0 Å². The number of rotatable bonds is 6. The molecule has 0 unspecified atom stereocenters. The Morgan fingerprint density at radius 1 is 0.857 bits per heavy atom. The van der Waals surface area contributed by atoms with Crippen molar-refractivity contribution in [2.45, 2.75) is 12.8 Å². The Hall–Kier alpha value is -2.36. The van der Waals surface area contributed by atoms with E-state index in [2.05, 4.69) is 10.6 Å². The number of amides is 2. The summed E-state index contributed by atoms with van der Waals surface area (Å²) in [6, 6.07) is 16.3. The third-order valence-electron chi connectivity index (χ3n) is 3.18. The fourth-order valence-electron chi connectivity index (χ4n) is 2.04. The van der Waals surface area contributed by atoms with Crippen LogP contribution in [0.3, 0.4) is 0 Å². The summed E-state index contributed by atoms with van der Waals surface area (Å²) >= 11 is 0. The van der Waals surface area contributed by atoms with Crippen molar-refractivity contribution in [2.24, 2.45) is 0 Å². The van der Waals surface area contributed by atoms with Crippen LogP contribution in [0.25, 0.3) is 0 Å². The Morgan fingerprint density at radius 2 is 1.48 bits per heavy atom. The van der Waals surface area contributed by atoms with Gasteiger partial charge in [0.2, 0.25) is 0 Å². The van der Waals surface area contributed by atoms with E-state index in [0.29, 0.717) is 25.1 Å². The van der Waals surface area contributed by atoms with E-state index in [4.69, 9.17) is 0 Å². The predicted octanol–water partition coefficient (Wildman–Crippen LogP) is 2.91. The van der Waals surface area contributed by atoms with Crippen LogP contribution in [0.2, 0.25) is 0 Å². The molecule has 2 amide bonds. The molecule has 0 bridgehead atoms. The number of carbonyl (C=O) groups is 1. The van der Waals surface area contributed by atoms with Crippen molar-refractivity contribution in [1.82, 2.24) is 10.6 Å². The average molecular weight is 286 g/mol. The number of halogens is 1. The molecule has 0 aliphatic carbocycles. The first-order valence-corrected chi connectivity index (χ1v) is 7.05. The molecule has 0 saturated carbocycles. The van der Waals surface area contributed by atoms with Crippen molar-refractivity contribution in [3.8, 4) is 0 Å². The molecule has 0 aromatic heterocycles. The molecule has 0 radical (unpaired) electrons. The molecule has 4 heteroatoms. The summed E-state index contributed by atoms with van der Waals surface area (Å²) in [5, 5.41) is 5.52. The van der Waals surface area contributed by atoms with Crippen LogP contribution < -0.4 is 10.6 Å². The monoisotopic (exact) mass is 286 g/mol. The number of carbonyl (C=O) groups excluding carboxylic acids is 1. The molecule has 110 valence electrons. The highest BCUT2D eigenvalue weighted by atomic mass is 19.1. The quantitative estimate of drug-likeness (QED) is 0.842. The maximum atomic E-state index is 13.4. The second-order valence-corrected chi connectivity index (χ2v) is 4.76. The smallest absolute Gasteiger partial charge is 0.314 e. The van der Waals surface area contributed by atoms with Gasteiger partial charge in [0.25, 0.3) is 0 Å². The lowest BCUT2D eigenvalue weighted by molar-refractivity contribution is 0.241. The van der Waals surface area contributed by atoms with Crippen molar-refractivity contribution in [3.63, 3.8) is 0 Å². The van der Waals surface area contributed by atoms with Crippen LogP contribution in [-0.2, 0) is 12.8 Å². The Morgan fingerprint density at radius 3 is 2.19 bits per heavy atom.